The number of hydrogen-bond donors (Lipinski definition) is 0. The van der Waals surface area contributed by atoms with Crippen LogP contribution in [-0.2, 0) is 0 Å². The van der Waals surface area contributed by atoms with Gasteiger partial charge < -0.3 is 2.85 Å². The largest absolute Gasteiger partial charge is 1.00 e. The van der Waals surface area contributed by atoms with Crippen molar-refractivity contribution >= 4 is 0 Å². The fourth-order valence-corrected chi connectivity index (χ4v) is 0. The zero-order valence-electron chi connectivity index (χ0n) is 6.45. The monoisotopic (exact) mass is 152 g/mol. The summed E-state index contributed by atoms with van der Waals surface area (Å²) >= 11 is 0. The van der Waals surface area contributed by atoms with E-state index < -0.39 is 0 Å². The summed E-state index contributed by atoms with van der Waals surface area (Å²) in [5.74, 6) is 0. The summed E-state index contributed by atoms with van der Waals surface area (Å²) in [7, 11) is 0. The molecule has 0 heterocycles. The first-order valence-corrected chi connectivity index (χ1v) is 0. The van der Waals surface area contributed by atoms with Crippen LogP contribution in [0, 0.1) is 0 Å². The van der Waals surface area contributed by atoms with Gasteiger partial charge in [-0.05, 0) is 0 Å². The third kappa shape index (κ3) is 198. The Hall–Kier alpha value is 1.18. The predicted octanol–water partition coefficient (Wildman–Crippen LogP) is -4.85. The smallest absolute Gasteiger partial charge is 1.00 e. The first kappa shape index (κ1) is 443. The quantitative estimate of drug-likeness (QED) is 0.241. The zero-order chi connectivity index (χ0) is 0. The Kier molecular flexibility index (Phi) is 16800. The minimum absolute atomic E-state index is 0. The molecular weight excluding hydrogens is 144 g/mol. The van der Waals surface area contributed by atoms with Crippen LogP contribution in [0.25, 0.3) is 0 Å². The van der Waals surface area contributed by atoms with E-state index in [1.54, 1.807) is 0 Å². The average Bonchev–Trinajstić information content (AvgIpc) is 0. The molecule has 0 aliphatic carbocycles. The van der Waals surface area contributed by atoms with E-state index in [-0.39, 0.29) is 79.5 Å². The van der Waals surface area contributed by atoms with E-state index in [9.17, 15) is 0 Å². The molecule has 8 heavy (non-hydrogen) atoms. The standard InChI is InChI=1S/6FH.Li.Na.2H/h6*1H;;;;/q;;;;;;2*+1;2*-1. The molecule has 0 saturated carbocycles. The third-order valence-corrected chi connectivity index (χ3v) is 0. The van der Waals surface area contributed by atoms with Gasteiger partial charge in [0.25, 0.3) is 0 Å². The molecule has 0 amide bonds. The summed E-state index contributed by atoms with van der Waals surface area (Å²) < 4.78 is 0. The Morgan fingerprint density at radius 3 is 0.500 bits per heavy atom. The summed E-state index contributed by atoms with van der Waals surface area (Å²) in [5, 5.41) is 0. The van der Waals surface area contributed by atoms with E-state index in [1.165, 1.54) is 0 Å². The van der Waals surface area contributed by atoms with Crippen LogP contribution >= 0.6 is 0 Å². The van der Waals surface area contributed by atoms with Gasteiger partial charge in [-0.25, -0.2) is 0 Å². The maximum absolute atomic E-state index is 0. The zero-order valence-corrected chi connectivity index (χ0v) is 6.45. The second-order valence-electron chi connectivity index (χ2n) is 0. The molecule has 0 aromatic carbocycles. The average molecular weight is 152 g/mol. The van der Waals surface area contributed by atoms with Crippen molar-refractivity contribution in [3.63, 3.8) is 0 Å². The minimum atomic E-state index is 0. The van der Waals surface area contributed by atoms with Crippen LogP contribution in [0.4, 0.5) is 28.2 Å². The molecule has 0 aliphatic rings. The Morgan fingerprint density at radius 2 is 0.500 bits per heavy atom. The van der Waals surface area contributed by atoms with Gasteiger partial charge in [-0.1, -0.05) is 0 Å². The molecule has 0 saturated heterocycles. The van der Waals surface area contributed by atoms with Gasteiger partial charge in [0, 0.05) is 0 Å². The molecular formula is H8F6LiNa. The van der Waals surface area contributed by atoms with Gasteiger partial charge in [0.1, 0.15) is 0 Å². The van der Waals surface area contributed by atoms with E-state index in [1.807, 2.05) is 0 Å². The molecule has 8 heteroatoms. The van der Waals surface area contributed by atoms with Crippen molar-refractivity contribution in [2.45, 2.75) is 0 Å². The van der Waals surface area contributed by atoms with Gasteiger partial charge in [0.15, 0.2) is 0 Å². The van der Waals surface area contributed by atoms with Crippen LogP contribution in [0.3, 0.4) is 0 Å². The van der Waals surface area contributed by atoms with Gasteiger partial charge >= 0.3 is 48.4 Å². The summed E-state index contributed by atoms with van der Waals surface area (Å²) in [5.41, 5.74) is 0. The summed E-state index contributed by atoms with van der Waals surface area (Å²) in [6.07, 6.45) is 0. The van der Waals surface area contributed by atoms with Gasteiger partial charge in [0.2, 0.25) is 0 Å². The van der Waals surface area contributed by atoms with E-state index in [2.05, 4.69) is 0 Å². The molecule has 0 unspecified atom stereocenters. The van der Waals surface area contributed by atoms with E-state index >= 15 is 0 Å². The molecule has 0 spiro atoms. The molecule has 0 atom stereocenters. The summed E-state index contributed by atoms with van der Waals surface area (Å²) in [6.45, 7) is 0. The molecule has 0 bridgehead atoms. The van der Waals surface area contributed by atoms with Gasteiger partial charge in [0.05, 0.1) is 0 Å². The van der Waals surface area contributed by atoms with Crippen LogP contribution in [0.5, 0.6) is 0 Å². The predicted molar refractivity (Wildman–Crippen MR) is 17.2 cm³/mol. The number of halogens is 6. The Balaban J connectivity index is 0. The number of rotatable bonds is 0. The summed E-state index contributed by atoms with van der Waals surface area (Å²) in [6, 6.07) is 0. The van der Waals surface area contributed by atoms with Gasteiger partial charge in [-0.2, -0.15) is 0 Å². The fraction of sp³-hybridized carbons (Fsp3) is 0. The second-order valence-corrected chi connectivity index (χ2v) is 0. The van der Waals surface area contributed by atoms with Crippen molar-refractivity contribution in [1.82, 2.24) is 0 Å². The second kappa shape index (κ2) is 304. The molecule has 0 rings (SSSR count). The topological polar surface area (TPSA) is 0 Å². The summed E-state index contributed by atoms with van der Waals surface area (Å²) in [4.78, 5) is 0. The van der Waals surface area contributed by atoms with Crippen molar-refractivity contribution in [2.75, 3.05) is 0 Å². The SMILES string of the molecule is F.F.F.F.F.F.[H-].[H-].[Li+].[Na+]. The van der Waals surface area contributed by atoms with Crippen LogP contribution < -0.4 is 48.4 Å². The maximum Gasteiger partial charge on any atom is 1.00 e. The molecule has 0 radical (unpaired) electrons. The van der Waals surface area contributed by atoms with Crippen molar-refractivity contribution in [3.8, 4) is 0 Å². The minimum Gasteiger partial charge on any atom is -1.00 e. The maximum atomic E-state index is 0. The Labute approximate surface area is 79.4 Å². The fourth-order valence-electron chi connectivity index (χ4n) is 0. The van der Waals surface area contributed by atoms with Crippen LogP contribution in [0.2, 0.25) is 0 Å². The molecule has 52 valence electrons. The molecule has 0 aliphatic heterocycles. The first-order valence-electron chi connectivity index (χ1n) is 0. The van der Waals surface area contributed by atoms with Crippen molar-refractivity contribution in [2.24, 2.45) is 0 Å². The molecule has 0 aromatic rings. The number of hydrogen-bond acceptors (Lipinski definition) is 0. The van der Waals surface area contributed by atoms with Crippen molar-refractivity contribution in [1.29, 1.82) is 0 Å². The van der Waals surface area contributed by atoms with Crippen molar-refractivity contribution < 1.29 is 79.5 Å². The molecule has 0 aromatic heterocycles. The van der Waals surface area contributed by atoms with Crippen molar-refractivity contribution in [3.05, 3.63) is 0 Å². The first-order chi connectivity index (χ1) is 0. The van der Waals surface area contributed by atoms with Crippen LogP contribution in [0.15, 0.2) is 0 Å². The van der Waals surface area contributed by atoms with E-state index in [0.717, 1.165) is 0 Å². The molecule has 0 fully saturated rings. The Morgan fingerprint density at radius 1 is 0.500 bits per heavy atom. The van der Waals surface area contributed by atoms with Gasteiger partial charge in [-0.3, -0.25) is 28.2 Å². The Bertz CT molecular complexity index is 15.7. The van der Waals surface area contributed by atoms with E-state index in [4.69, 9.17) is 0 Å². The van der Waals surface area contributed by atoms with Gasteiger partial charge in [-0.15, -0.1) is 0 Å². The normalized spacial score (nSPS) is 0. The molecule has 0 N–H and O–H groups in total. The molecule has 0 nitrogen and oxygen atoms in total. The van der Waals surface area contributed by atoms with E-state index in [0.29, 0.717) is 0 Å². The third-order valence-electron chi connectivity index (χ3n) is 0. The van der Waals surface area contributed by atoms with Crippen LogP contribution in [0.1, 0.15) is 2.85 Å². The van der Waals surface area contributed by atoms with Crippen LogP contribution in [-0.4, -0.2) is 0 Å².